The van der Waals surface area contributed by atoms with Gasteiger partial charge in [-0.25, -0.2) is 9.67 Å². The van der Waals surface area contributed by atoms with E-state index in [9.17, 15) is 18.0 Å². The fourth-order valence-electron chi connectivity index (χ4n) is 4.76. The lowest BCUT2D eigenvalue weighted by atomic mass is 9.89. The summed E-state index contributed by atoms with van der Waals surface area (Å²) in [5.41, 5.74) is 0.951. The van der Waals surface area contributed by atoms with E-state index in [1.165, 1.54) is 18.3 Å². The molecular formula is C26H24ClF3N6O. The molecule has 1 aliphatic carbocycles. The fraction of sp³-hybridized carbons (Fsp3) is 0.308. The lowest BCUT2D eigenvalue weighted by molar-refractivity contribution is -0.140. The first-order valence-corrected chi connectivity index (χ1v) is 12.2. The normalized spacial score (nSPS) is 18.1. The van der Waals surface area contributed by atoms with Gasteiger partial charge in [0, 0.05) is 47.6 Å². The standard InChI is InChI=1S/C26H24ClF3N6O/c1-35(23-12-24(26(28,29)30)34-22-9-4-17(27)11-21(22)23)19-7-5-18(6-8-19)33-25(37)16-13-32-36(15-16)20-3-2-10-31-14-20/h2-4,9-15,18-19H,5-8H2,1H3,(H,33,37)/t18-,19+. The number of hydrogen-bond donors (Lipinski definition) is 1. The van der Waals surface area contributed by atoms with Crippen molar-refractivity contribution in [3.8, 4) is 5.69 Å². The number of aromatic nitrogens is 4. The van der Waals surface area contributed by atoms with E-state index in [0.717, 1.165) is 11.8 Å². The maximum absolute atomic E-state index is 13.5. The quantitative estimate of drug-likeness (QED) is 0.361. The Morgan fingerprint density at radius 1 is 1.14 bits per heavy atom. The molecule has 0 unspecified atom stereocenters. The Balaban J connectivity index is 1.26. The van der Waals surface area contributed by atoms with E-state index in [2.05, 4.69) is 20.4 Å². The Kier molecular flexibility index (Phi) is 6.76. The van der Waals surface area contributed by atoms with Gasteiger partial charge in [0.05, 0.1) is 29.2 Å². The number of anilines is 1. The number of pyridine rings is 2. The van der Waals surface area contributed by atoms with Gasteiger partial charge in [-0.15, -0.1) is 0 Å². The van der Waals surface area contributed by atoms with Crippen LogP contribution in [0.2, 0.25) is 5.02 Å². The van der Waals surface area contributed by atoms with Gasteiger partial charge in [0.1, 0.15) is 5.69 Å². The van der Waals surface area contributed by atoms with Crippen LogP contribution < -0.4 is 10.2 Å². The first-order chi connectivity index (χ1) is 17.7. The highest BCUT2D eigenvalue weighted by atomic mass is 35.5. The molecule has 1 saturated carbocycles. The van der Waals surface area contributed by atoms with Crippen molar-refractivity contribution in [1.29, 1.82) is 0 Å². The number of rotatable bonds is 5. The number of hydrogen-bond acceptors (Lipinski definition) is 5. The molecule has 3 heterocycles. The second-order valence-electron chi connectivity index (χ2n) is 9.16. The minimum Gasteiger partial charge on any atom is -0.371 e. The molecule has 0 saturated heterocycles. The molecule has 1 aromatic carbocycles. The molecule has 0 radical (unpaired) electrons. The fourth-order valence-corrected chi connectivity index (χ4v) is 4.93. The van der Waals surface area contributed by atoms with Gasteiger partial charge in [-0.2, -0.15) is 18.3 Å². The van der Waals surface area contributed by atoms with Crippen molar-refractivity contribution in [2.45, 2.75) is 43.9 Å². The predicted octanol–water partition coefficient (Wildman–Crippen LogP) is 5.67. The van der Waals surface area contributed by atoms with Crippen LogP contribution in [0, 0.1) is 0 Å². The van der Waals surface area contributed by atoms with Crippen LogP contribution in [0.3, 0.4) is 0 Å². The molecular weight excluding hydrogens is 505 g/mol. The minimum absolute atomic E-state index is 0.00662. The Morgan fingerprint density at radius 2 is 1.92 bits per heavy atom. The summed E-state index contributed by atoms with van der Waals surface area (Å²) in [7, 11) is 1.80. The van der Waals surface area contributed by atoms with Gasteiger partial charge in [0.2, 0.25) is 0 Å². The largest absolute Gasteiger partial charge is 0.433 e. The zero-order chi connectivity index (χ0) is 26.2. The maximum Gasteiger partial charge on any atom is 0.433 e. The molecule has 0 bridgehead atoms. The average Bonchev–Trinajstić information content (AvgIpc) is 3.39. The van der Waals surface area contributed by atoms with Gasteiger partial charge in [-0.3, -0.25) is 9.78 Å². The van der Waals surface area contributed by atoms with Crippen molar-refractivity contribution < 1.29 is 18.0 Å². The number of nitrogens with zero attached hydrogens (tertiary/aromatic N) is 5. The van der Waals surface area contributed by atoms with Crippen molar-refractivity contribution in [3.05, 3.63) is 77.5 Å². The first-order valence-electron chi connectivity index (χ1n) is 11.9. The van der Waals surface area contributed by atoms with E-state index in [-0.39, 0.29) is 23.5 Å². The van der Waals surface area contributed by atoms with E-state index in [4.69, 9.17) is 11.6 Å². The molecule has 37 heavy (non-hydrogen) atoms. The lowest BCUT2D eigenvalue weighted by Crippen LogP contribution is -2.43. The van der Waals surface area contributed by atoms with E-state index in [0.29, 0.717) is 47.3 Å². The third-order valence-corrected chi connectivity index (χ3v) is 6.99. The summed E-state index contributed by atoms with van der Waals surface area (Å²) < 4.78 is 42.2. The molecule has 7 nitrogen and oxygen atoms in total. The van der Waals surface area contributed by atoms with Crippen LogP contribution in [0.15, 0.2) is 61.2 Å². The van der Waals surface area contributed by atoms with Gasteiger partial charge >= 0.3 is 6.18 Å². The monoisotopic (exact) mass is 528 g/mol. The topological polar surface area (TPSA) is 75.9 Å². The molecule has 0 atom stereocenters. The summed E-state index contributed by atoms with van der Waals surface area (Å²) >= 11 is 6.15. The summed E-state index contributed by atoms with van der Waals surface area (Å²) in [5.74, 6) is -0.212. The highest BCUT2D eigenvalue weighted by Crippen LogP contribution is 2.37. The number of amides is 1. The zero-order valence-electron chi connectivity index (χ0n) is 19.9. The Hall–Kier alpha value is -3.66. The molecule has 1 N–H and O–H groups in total. The highest BCUT2D eigenvalue weighted by Gasteiger charge is 2.35. The summed E-state index contributed by atoms with van der Waals surface area (Å²) in [5, 5.41) is 8.31. The van der Waals surface area contributed by atoms with Crippen LogP contribution in [-0.4, -0.2) is 44.8 Å². The van der Waals surface area contributed by atoms with Crippen molar-refractivity contribution in [2.24, 2.45) is 0 Å². The van der Waals surface area contributed by atoms with Crippen LogP contribution >= 0.6 is 11.6 Å². The number of halogens is 4. The van der Waals surface area contributed by atoms with E-state index in [1.54, 1.807) is 42.5 Å². The smallest absolute Gasteiger partial charge is 0.371 e. The van der Waals surface area contributed by atoms with Crippen LogP contribution in [0.5, 0.6) is 0 Å². The minimum atomic E-state index is -4.56. The molecule has 0 spiro atoms. The number of carbonyl (C=O) groups excluding carboxylic acids is 1. The van der Waals surface area contributed by atoms with E-state index in [1.807, 2.05) is 11.0 Å². The van der Waals surface area contributed by atoms with Gasteiger partial charge in [-0.05, 0) is 62.1 Å². The molecule has 5 rings (SSSR count). The molecule has 1 amide bonds. The second-order valence-corrected chi connectivity index (χ2v) is 9.60. The number of fused-ring (bicyclic) bond motifs is 1. The van der Waals surface area contributed by atoms with Crippen LogP contribution in [-0.2, 0) is 6.18 Å². The molecule has 1 fully saturated rings. The number of nitrogens with one attached hydrogen (secondary N) is 1. The number of carbonyl (C=O) groups is 1. The Bertz CT molecular complexity index is 1420. The van der Waals surface area contributed by atoms with Gasteiger partial charge < -0.3 is 10.2 Å². The summed E-state index contributed by atoms with van der Waals surface area (Å²) in [6, 6.07) is 9.39. The third kappa shape index (κ3) is 5.39. The van der Waals surface area contributed by atoms with Gasteiger partial charge in [0.15, 0.2) is 0 Å². The number of benzene rings is 1. The Morgan fingerprint density at radius 3 is 2.62 bits per heavy atom. The van der Waals surface area contributed by atoms with Gasteiger partial charge in [-0.1, -0.05) is 11.6 Å². The number of alkyl halides is 3. The van der Waals surface area contributed by atoms with E-state index >= 15 is 0 Å². The molecule has 4 aromatic rings. The van der Waals surface area contributed by atoms with Crippen LogP contribution in [0.4, 0.5) is 18.9 Å². The van der Waals surface area contributed by atoms with Crippen LogP contribution in [0.1, 0.15) is 41.7 Å². The molecule has 11 heteroatoms. The summed E-state index contributed by atoms with van der Waals surface area (Å²) in [6.07, 6.45) is 4.75. The van der Waals surface area contributed by atoms with Crippen molar-refractivity contribution in [1.82, 2.24) is 25.1 Å². The van der Waals surface area contributed by atoms with E-state index < -0.39 is 11.9 Å². The predicted molar refractivity (Wildman–Crippen MR) is 135 cm³/mol. The molecule has 1 aliphatic rings. The molecule has 3 aromatic heterocycles. The maximum atomic E-state index is 13.5. The molecule has 192 valence electrons. The molecule has 0 aliphatic heterocycles. The second kappa shape index (κ2) is 10.0. The average molecular weight is 529 g/mol. The SMILES string of the molecule is CN(c1cc(C(F)(F)F)nc2ccc(Cl)cc12)[C@H]1CC[C@@H](NC(=O)c2cnn(-c3cccnc3)c2)CC1. The van der Waals surface area contributed by atoms with Crippen molar-refractivity contribution >= 4 is 34.1 Å². The highest BCUT2D eigenvalue weighted by molar-refractivity contribution is 6.31. The van der Waals surface area contributed by atoms with Crippen molar-refractivity contribution in [3.63, 3.8) is 0 Å². The van der Waals surface area contributed by atoms with Gasteiger partial charge in [0.25, 0.3) is 5.91 Å². The Labute approximate surface area is 216 Å². The third-order valence-electron chi connectivity index (χ3n) is 6.75. The summed E-state index contributed by atoms with van der Waals surface area (Å²) in [6.45, 7) is 0. The summed E-state index contributed by atoms with van der Waals surface area (Å²) in [4.78, 5) is 22.5. The first kappa shape index (κ1) is 25.0. The lowest BCUT2D eigenvalue weighted by Gasteiger charge is -2.37. The van der Waals surface area contributed by atoms with Crippen molar-refractivity contribution in [2.75, 3.05) is 11.9 Å². The zero-order valence-corrected chi connectivity index (χ0v) is 20.7. The van der Waals surface area contributed by atoms with Crippen LogP contribution in [0.25, 0.3) is 16.6 Å².